The van der Waals surface area contributed by atoms with Crippen LogP contribution in [0.3, 0.4) is 0 Å². The van der Waals surface area contributed by atoms with E-state index in [2.05, 4.69) is 10.3 Å². The van der Waals surface area contributed by atoms with E-state index in [1.807, 2.05) is 13.8 Å². The molecule has 0 spiro atoms. The second kappa shape index (κ2) is 6.70. The van der Waals surface area contributed by atoms with Gasteiger partial charge in [-0.15, -0.1) is 11.3 Å². The zero-order valence-electron chi connectivity index (χ0n) is 12.7. The topological polar surface area (TPSA) is 79.3 Å². The van der Waals surface area contributed by atoms with Crippen LogP contribution in [0.4, 0.5) is 5.69 Å². The number of nitrogens with zero attached hydrogens (tertiary/aromatic N) is 1. The summed E-state index contributed by atoms with van der Waals surface area (Å²) in [6, 6.07) is 6.85. The van der Waals surface area contributed by atoms with Gasteiger partial charge in [-0.05, 0) is 38.0 Å². The smallest absolute Gasteiger partial charge is 0.310 e. The molecule has 2 aromatic rings. The van der Waals surface area contributed by atoms with Crippen LogP contribution in [0.25, 0.3) is 0 Å². The maximum absolute atomic E-state index is 12.3. The SMILES string of the molecule is CCc1nc(C)c(C(=O)Nc2ccc(C(C)C(=O)O)cc2)s1. The van der Waals surface area contributed by atoms with Crippen LogP contribution < -0.4 is 5.32 Å². The standard InChI is InChI=1S/C16H18N2O3S/c1-4-13-17-10(3)14(22-13)15(19)18-12-7-5-11(6-8-12)9(2)16(20)21/h5-9H,4H2,1-3H3,(H,18,19)(H,20,21). The zero-order valence-corrected chi connectivity index (χ0v) is 13.5. The normalized spacial score (nSPS) is 12.0. The van der Waals surface area contributed by atoms with Gasteiger partial charge in [0.05, 0.1) is 16.6 Å². The highest BCUT2D eigenvalue weighted by atomic mass is 32.1. The summed E-state index contributed by atoms with van der Waals surface area (Å²) in [5.74, 6) is -1.63. The molecule has 0 aliphatic carbocycles. The lowest BCUT2D eigenvalue weighted by molar-refractivity contribution is -0.138. The van der Waals surface area contributed by atoms with Crippen molar-refractivity contribution in [2.45, 2.75) is 33.1 Å². The minimum absolute atomic E-state index is 0.186. The Hall–Kier alpha value is -2.21. The number of carboxylic acids is 1. The molecule has 116 valence electrons. The molecule has 0 aliphatic rings. The largest absolute Gasteiger partial charge is 0.481 e. The molecule has 1 heterocycles. The summed E-state index contributed by atoms with van der Waals surface area (Å²) < 4.78 is 0. The Morgan fingerprint density at radius 1 is 1.32 bits per heavy atom. The maximum Gasteiger partial charge on any atom is 0.310 e. The highest BCUT2D eigenvalue weighted by molar-refractivity contribution is 7.13. The molecular weight excluding hydrogens is 300 g/mol. The first-order valence-corrected chi connectivity index (χ1v) is 7.84. The van der Waals surface area contributed by atoms with Crippen LogP contribution in [-0.2, 0) is 11.2 Å². The Kier molecular flexibility index (Phi) is 4.92. The molecule has 0 radical (unpaired) electrons. The lowest BCUT2D eigenvalue weighted by Gasteiger charge is -2.08. The Morgan fingerprint density at radius 3 is 2.45 bits per heavy atom. The van der Waals surface area contributed by atoms with Crippen molar-refractivity contribution >= 4 is 28.9 Å². The zero-order chi connectivity index (χ0) is 16.3. The number of anilines is 1. The van der Waals surface area contributed by atoms with Gasteiger partial charge < -0.3 is 10.4 Å². The number of aromatic nitrogens is 1. The van der Waals surface area contributed by atoms with Gasteiger partial charge in [0.15, 0.2) is 0 Å². The number of aliphatic carboxylic acids is 1. The molecule has 22 heavy (non-hydrogen) atoms. The molecule has 0 bridgehead atoms. The van der Waals surface area contributed by atoms with Crippen LogP contribution in [0, 0.1) is 6.92 Å². The third kappa shape index (κ3) is 3.51. The highest BCUT2D eigenvalue weighted by Gasteiger charge is 2.16. The molecule has 1 amide bonds. The summed E-state index contributed by atoms with van der Waals surface area (Å²) in [4.78, 5) is 28.1. The Morgan fingerprint density at radius 2 is 1.95 bits per heavy atom. The number of carbonyl (C=O) groups is 2. The van der Waals surface area contributed by atoms with Gasteiger partial charge in [-0.2, -0.15) is 0 Å². The van der Waals surface area contributed by atoms with Gasteiger partial charge >= 0.3 is 5.97 Å². The summed E-state index contributed by atoms with van der Waals surface area (Å²) in [5, 5.41) is 12.7. The van der Waals surface area contributed by atoms with Crippen molar-refractivity contribution < 1.29 is 14.7 Å². The number of hydrogen-bond acceptors (Lipinski definition) is 4. The fourth-order valence-electron chi connectivity index (χ4n) is 2.00. The van der Waals surface area contributed by atoms with Gasteiger partial charge in [0.25, 0.3) is 5.91 Å². The van der Waals surface area contributed by atoms with Gasteiger partial charge in [0.1, 0.15) is 4.88 Å². The molecule has 1 unspecified atom stereocenters. The number of amides is 1. The molecule has 1 aromatic heterocycles. The van der Waals surface area contributed by atoms with Gasteiger partial charge in [0.2, 0.25) is 0 Å². The van der Waals surface area contributed by atoms with Crippen LogP contribution in [0.2, 0.25) is 0 Å². The van der Waals surface area contributed by atoms with Crippen molar-refractivity contribution in [3.05, 3.63) is 45.4 Å². The van der Waals surface area contributed by atoms with Crippen molar-refractivity contribution in [3.8, 4) is 0 Å². The maximum atomic E-state index is 12.3. The summed E-state index contributed by atoms with van der Waals surface area (Å²) in [7, 11) is 0. The molecule has 1 atom stereocenters. The van der Waals surface area contributed by atoms with Gasteiger partial charge in [0, 0.05) is 5.69 Å². The molecule has 1 aromatic carbocycles. The minimum atomic E-state index is -0.871. The average Bonchev–Trinajstić information content (AvgIpc) is 2.88. The van der Waals surface area contributed by atoms with Crippen LogP contribution in [0.1, 0.15) is 45.7 Å². The lowest BCUT2D eigenvalue weighted by Crippen LogP contribution is -2.12. The molecule has 2 N–H and O–H groups in total. The monoisotopic (exact) mass is 318 g/mol. The van der Waals surface area contributed by atoms with E-state index in [-0.39, 0.29) is 5.91 Å². The van der Waals surface area contributed by atoms with E-state index in [1.165, 1.54) is 11.3 Å². The molecule has 0 saturated heterocycles. The predicted molar refractivity (Wildman–Crippen MR) is 86.7 cm³/mol. The third-order valence-electron chi connectivity index (χ3n) is 3.39. The van der Waals surface area contributed by atoms with E-state index in [9.17, 15) is 9.59 Å². The summed E-state index contributed by atoms with van der Waals surface area (Å²) in [5.41, 5.74) is 2.07. The number of nitrogens with one attached hydrogen (secondary N) is 1. The molecule has 0 fully saturated rings. The van der Waals surface area contributed by atoms with E-state index < -0.39 is 11.9 Å². The van der Waals surface area contributed by atoms with Crippen molar-refractivity contribution in [3.63, 3.8) is 0 Å². The average molecular weight is 318 g/mol. The number of benzene rings is 1. The number of thiazole rings is 1. The van der Waals surface area contributed by atoms with Gasteiger partial charge in [-0.25, -0.2) is 4.98 Å². The molecule has 0 aliphatic heterocycles. The number of aryl methyl sites for hydroxylation is 2. The number of carboxylic acid groups (broad SMARTS) is 1. The number of rotatable bonds is 5. The first-order valence-electron chi connectivity index (χ1n) is 7.02. The van der Waals surface area contributed by atoms with E-state index >= 15 is 0 Å². The second-order valence-corrected chi connectivity index (χ2v) is 6.10. The lowest BCUT2D eigenvalue weighted by atomic mass is 10.0. The van der Waals surface area contributed by atoms with Crippen LogP contribution in [0.15, 0.2) is 24.3 Å². The van der Waals surface area contributed by atoms with Gasteiger partial charge in [-0.3, -0.25) is 9.59 Å². The van der Waals surface area contributed by atoms with Gasteiger partial charge in [-0.1, -0.05) is 19.1 Å². The first-order chi connectivity index (χ1) is 10.4. The molecule has 6 heteroatoms. The number of carbonyl (C=O) groups excluding carboxylic acids is 1. The quantitative estimate of drug-likeness (QED) is 0.885. The fourth-order valence-corrected chi connectivity index (χ4v) is 2.90. The van der Waals surface area contributed by atoms with E-state index in [4.69, 9.17) is 5.11 Å². The molecule has 2 rings (SSSR count). The number of hydrogen-bond donors (Lipinski definition) is 2. The van der Waals surface area contributed by atoms with Crippen molar-refractivity contribution in [2.24, 2.45) is 0 Å². The second-order valence-electron chi connectivity index (χ2n) is 5.01. The van der Waals surface area contributed by atoms with Crippen molar-refractivity contribution in [1.82, 2.24) is 4.98 Å². The fraction of sp³-hybridized carbons (Fsp3) is 0.312. The van der Waals surface area contributed by atoms with Crippen molar-refractivity contribution in [2.75, 3.05) is 5.32 Å². The van der Waals surface area contributed by atoms with Crippen LogP contribution in [-0.4, -0.2) is 22.0 Å². The predicted octanol–water partition coefficient (Wildman–Crippen LogP) is 3.45. The van der Waals surface area contributed by atoms with E-state index in [0.29, 0.717) is 16.1 Å². The summed E-state index contributed by atoms with van der Waals surface area (Å²) in [6.07, 6.45) is 0.806. The summed E-state index contributed by atoms with van der Waals surface area (Å²) in [6.45, 7) is 5.45. The molecule has 5 nitrogen and oxygen atoms in total. The van der Waals surface area contributed by atoms with Crippen molar-refractivity contribution in [1.29, 1.82) is 0 Å². The van der Waals surface area contributed by atoms with E-state index in [0.717, 1.165) is 17.1 Å². The van der Waals surface area contributed by atoms with Crippen LogP contribution in [0.5, 0.6) is 0 Å². The first kappa shape index (κ1) is 16.2. The molecule has 0 saturated carbocycles. The Labute approximate surface area is 133 Å². The minimum Gasteiger partial charge on any atom is -0.481 e. The Balaban J connectivity index is 2.11. The molecular formula is C16H18N2O3S. The summed E-state index contributed by atoms with van der Waals surface area (Å²) >= 11 is 1.40. The third-order valence-corrected chi connectivity index (χ3v) is 4.69. The van der Waals surface area contributed by atoms with E-state index in [1.54, 1.807) is 31.2 Å². The van der Waals surface area contributed by atoms with Crippen LogP contribution >= 0.6 is 11.3 Å². The highest BCUT2D eigenvalue weighted by Crippen LogP contribution is 2.22. The Bertz CT molecular complexity index is 692.